The van der Waals surface area contributed by atoms with E-state index in [1.165, 1.54) is 0 Å². The van der Waals surface area contributed by atoms with Gasteiger partial charge in [0, 0.05) is 35.6 Å². The van der Waals surface area contributed by atoms with Crippen molar-refractivity contribution in [2.45, 2.75) is 50.5 Å². The molecule has 0 spiro atoms. The maximum atomic E-state index is 12.2. The van der Waals surface area contributed by atoms with Crippen LogP contribution in [0.25, 0.3) is 0 Å². The van der Waals surface area contributed by atoms with Crippen molar-refractivity contribution in [3.63, 3.8) is 0 Å². The highest BCUT2D eigenvalue weighted by atomic mass is 32.2. The largest absolute Gasteiger partial charge is 0.490 e. The number of hydrogen-bond acceptors (Lipinski definition) is 5. The van der Waals surface area contributed by atoms with Gasteiger partial charge in [-0.3, -0.25) is 4.79 Å². The fourth-order valence-corrected chi connectivity index (χ4v) is 3.86. The molecule has 6 heteroatoms. The topological polar surface area (TPSA) is 73.6 Å². The highest BCUT2D eigenvalue weighted by Gasteiger charge is 2.25. The van der Waals surface area contributed by atoms with E-state index in [0.29, 0.717) is 37.9 Å². The molecule has 0 aromatic heterocycles. The number of fused-ring (bicyclic) bond motifs is 1. The summed E-state index contributed by atoms with van der Waals surface area (Å²) in [6, 6.07) is 5.95. The molecule has 1 aromatic carbocycles. The van der Waals surface area contributed by atoms with Gasteiger partial charge in [0.1, 0.15) is 0 Å². The third kappa shape index (κ3) is 6.44. The summed E-state index contributed by atoms with van der Waals surface area (Å²) in [5.41, 5.74) is 5.53. The van der Waals surface area contributed by atoms with E-state index in [4.69, 9.17) is 15.2 Å². The minimum atomic E-state index is -0.328. The Morgan fingerprint density at radius 3 is 2.72 bits per heavy atom. The number of hydrogen-bond donors (Lipinski definition) is 2. The lowest BCUT2D eigenvalue weighted by atomic mass is 9.90. The molecule has 1 unspecified atom stereocenters. The number of ether oxygens (including phenoxy) is 2. The molecule has 0 aliphatic carbocycles. The summed E-state index contributed by atoms with van der Waals surface area (Å²) in [6.07, 6.45) is 2.24. The van der Waals surface area contributed by atoms with Crippen molar-refractivity contribution in [3.05, 3.63) is 18.2 Å². The normalized spacial score (nSPS) is 16.2. The van der Waals surface area contributed by atoms with Crippen molar-refractivity contribution >= 4 is 17.7 Å². The van der Waals surface area contributed by atoms with E-state index in [1.54, 1.807) is 11.8 Å². The first-order valence-corrected chi connectivity index (χ1v) is 9.94. The van der Waals surface area contributed by atoms with Crippen LogP contribution in [0, 0.1) is 5.92 Å². The summed E-state index contributed by atoms with van der Waals surface area (Å²) in [4.78, 5) is 13.3. The highest BCUT2D eigenvalue weighted by molar-refractivity contribution is 7.99. The molecule has 1 heterocycles. The molecule has 3 N–H and O–H groups in total. The van der Waals surface area contributed by atoms with Gasteiger partial charge in [0.25, 0.3) is 0 Å². The van der Waals surface area contributed by atoms with Gasteiger partial charge < -0.3 is 20.5 Å². The molecule has 0 saturated carbocycles. The summed E-state index contributed by atoms with van der Waals surface area (Å²) < 4.78 is 11.3. The number of nitrogens with one attached hydrogen (secondary N) is 1. The predicted octanol–water partition coefficient (Wildman–Crippen LogP) is 3.21. The Balaban J connectivity index is 1.82. The van der Waals surface area contributed by atoms with Gasteiger partial charge in [-0.1, -0.05) is 13.8 Å². The van der Waals surface area contributed by atoms with Crippen molar-refractivity contribution < 1.29 is 14.3 Å². The first-order chi connectivity index (χ1) is 11.9. The third-order valence-electron chi connectivity index (χ3n) is 4.07. The zero-order valence-electron chi connectivity index (χ0n) is 15.5. The second-order valence-electron chi connectivity index (χ2n) is 7.17. The fourth-order valence-electron chi connectivity index (χ4n) is 2.98. The summed E-state index contributed by atoms with van der Waals surface area (Å²) in [5.74, 6) is 2.85. The van der Waals surface area contributed by atoms with Gasteiger partial charge in [-0.25, -0.2) is 0 Å². The van der Waals surface area contributed by atoms with Crippen LogP contribution in [-0.4, -0.2) is 37.0 Å². The van der Waals surface area contributed by atoms with Crippen molar-refractivity contribution in [2.24, 2.45) is 11.7 Å². The Morgan fingerprint density at radius 1 is 1.32 bits per heavy atom. The molecule has 0 saturated heterocycles. The Kier molecular flexibility index (Phi) is 7.44. The molecule has 1 aliphatic heterocycles. The average molecular weight is 367 g/mol. The second-order valence-corrected chi connectivity index (χ2v) is 8.34. The molecule has 5 nitrogen and oxygen atoms in total. The Bertz CT molecular complexity index is 580. The van der Waals surface area contributed by atoms with Crippen molar-refractivity contribution in [2.75, 3.05) is 25.5 Å². The number of amides is 1. The molecule has 0 fully saturated rings. The number of benzene rings is 1. The maximum Gasteiger partial charge on any atom is 0.221 e. The van der Waals surface area contributed by atoms with E-state index >= 15 is 0 Å². The molecule has 25 heavy (non-hydrogen) atoms. The van der Waals surface area contributed by atoms with Crippen LogP contribution in [0.5, 0.6) is 11.5 Å². The maximum absolute atomic E-state index is 12.2. The summed E-state index contributed by atoms with van der Waals surface area (Å²) in [7, 11) is 0. The van der Waals surface area contributed by atoms with E-state index in [0.717, 1.165) is 29.2 Å². The predicted molar refractivity (Wildman–Crippen MR) is 102 cm³/mol. The van der Waals surface area contributed by atoms with Gasteiger partial charge in [-0.2, -0.15) is 0 Å². The minimum absolute atomic E-state index is 0.0513. The van der Waals surface area contributed by atoms with Crippen molar-refractivity contribution in [1.29, 1.82) is 0 Å². The lowest BCUT2D eigenvalue weighted by molar-refractivity contribution is -0.122. The van der Waals surface area contributed by atoms with Crippen molar-refractivity contribution in [3.8, 4) is 11.5 Å². The molecule has 0 bridgehead atoms. The molecule has 1 aromatic rings. The van der Waals surface area contributed by atoms with Crippen molar-refractivity contribution in [1.82, 2.24) is 5.32 Å². The Labute approximate surface area is 155 Å². The van der Waals surface area contributed by atoms with Gasteiger partial charge >= 0.3 is 0 Å². The van der Waals surface area contributed by atoms with E-state index in [1.807, 2.05) is 25.1 Å². The van der Waals surface area contributed by atoms with Crippen LogP contribution in [-0.2, 0) is 4.79 Å². The zero-order chi connectivity index (χ0) is 18.3. The zero-order valence-corrected chi connectivity index (χ0v) is 16.3. The van der Waals surface area contributed by atoms with Gasteiger partial charge in [0.15, 0.2) is 11.5 Å². The summed E-state index contributed by atoms with van der Waals surface area (Å²) in [5, 5.41) is 3.10. The quantitative estimate of drug-likeness (QED) is 0.691. The number of thioether (sulfide) groups is 1. The van der Waals surface area contributed by atoms with Gasteiger partial charge in [-0.15, -0.1) is 11.8 Å². The van der Waals surface area contributed by atoms with Crippen LogP contribution in [0.15, 0.2) is 23.1 Å². The van der Waals surface area contributed by atoms with E-state index < -0.39 is 0 Å². The third-order valence-corrected chi connectivity index (χ3v) is 5.06. The standard InChI is InChI=1S/C19H30N2O3S/c1-14(2)12-19(3,13-20)21-18(22)7-10-25-15-5-6-16-17(11-15)24-9-4-8-23-16/h5-6,11,14H,4,7-10,12-13,20H2,1-3H3,(H,21,22). The molecular weight excluding hydrogens is 336 g/mol. The smallest absolute Gasteiger partial charge is 0.221 e. The van der Waals surface area contributed by atoms with Crippen LogP contribution >= 0.6 is 11.8 Å². The van der Waals surface area contributed by atoms with E-state index in [-0.39, 0.29) is 11.4 Å². The van der Waals surface area contributed by atoms with Crippen LogP contribution in [0.3, 0.4) is 0 Å². The average Bonchev–Trinajstić information content (AvgIpc) is 2.78. The Hall–Kier alpha value is -1.40. The molecular formula is C19H30N2O3S. The number of rotatable bonds is 8. The first-order valence-electron chi connectivity index (χ1n) is 8.95. The lowest BCUT2D eigenvalue weighted by Gasteiger charge is -2.31. The molecule has 1 amide bonds. The van der Waals surface area contributed by atoms with Crippen LogP contribution in [0.2, 0.25) is 0 Å². The van der Waals surface area contributed by atoms with Gasteiger partial charge in [-0.05, 0) is 37.5 Å². The van der Waals surface area contributed by atoms with E-state index in [2.05, 4.69) is 19.2 Å². The molecule has 140 valence electrons. The first kappa shape index (κ1) is 19.9. The SMILES string of the molecule is CC(C)CC(C)(CN)NC(=O)CCSc1ccc2c(c1)OCCCO2. The number of carbonyl (C=O) groups is 1. The van der Waals surface area contributed by atoms with Crippen LogP contribution in [0.4, 0.5) is 0 Å². The monoisotopic (exact) mass is 366 g/mol. The number of nitrogens with two attached hydrogens (primary N) is 1. The fraction of sp³-hybridized carbons (Fsp3) is 0.632. The highest BCUT2D eigenvalue weighted by Crippen LogP contribution is 2.34. The lowest BCUT2D eigenvalue weighted by Crippen LogP contribution is -2.52. The van der Waals surface area contributed by atoms with E-state index in [9.17, 15) is 4.79 Å². The molecule has 1 aliphatic rings. The Morgan fingerprint density at radius 2 is 2.04 bits per heavy atom. The summed E-state index contributed by atoms with van der Waals surface area (Å²) in [6.45, 7) is 8.11. The molecule has 0 radical (unpaired) electrons. The summed E-state index contributed by atoms with van der Waals surface area (Å²) >= 11 is 1.65. The van der Waals surface area contributed by atoms with Gasteiger partial charge in [0.05, 0.1) is 13.2 Å². The minimum Gasteiger partial charge on any atom is -0.490 e. The van der Waals surface area contributed by atoms with Crippen LogP contribution < -0.4 is 20.5 Å². The molecule has 1 atom stereocenters. The van der Waals surface area contributed by atoms with Crippen LogP contribution in [0.1, 0.15) is 40.0 Å². The molecule has 2 rings (SSSR count). The number of carbonyl (C=O) groups excluding carboxylic acids is 1. The second kappa shape index (κ2) is 9.34. The van der Waals surface area contributed by atoms with Gasteiger partial charge in [0.2, 0.25) is 5.91 Å².